The zero-order chi connectivity index (χ0) is 14.4. The monoisotopic (exact) mass is 297 g/mol. The minimum absolute atomic E-state index is 0.0675. The quantitative estimate of drug-likeness (QED) is 0.648. The number of nitrogens with zero attached hydrogens (tertiary/aromatic N) is 1. The summed E-state index contributed by atoms with van der Waals surface area (Å²) in [6, 6.07) is 2.31. The number of hydrogen-bond acceptors (Lipinski definition) is 2. The third-order valence-corrected chi connectivity index (χ3v) is 4.11. The first-order valence-corrected chi connectivity index (χ1v) is 7.88. The van der Waals surface area contributed by atoms with Crippen molar-refractivity contribution in [1.82, 2.24) is 15.2 Å². The Hall–Kier alpha value is -1.00. The van der Waals surface area contributed by atoms with E-state index in [0.29, 0.717) is 23.3 Å². The summed E-state index contributed by atoms with van der Waals surface area (Å²) in [5.74, 6) is -0.0675. The van der Waals surface area contributed by atoms with Crippen molar-refractivity contribution in [2.45, 2.75) is 44.6 Å². The molecule has 0 radical (unpaired) electrons. The van der Waals surface area contributed by atoms with Crippen molar-refractivity contribution in [2.75, 3.05) is 13.1 Å². The van der Waals surface area contributed by atoms with E-state index in [1.165, 1.54) is 38.5 Å². The Kier molecular flexibility index (Phi) is 5.92. The Morgan fingerprint density at radius 1 is 1.30 bits per heavy atom. The maximum atomic E-state index is 12.0. The number of halogens is 1. The summed E-state index contributed by atoms with van der Waals surface area (Å²) in [7, 11) is 1.82. The molecule has 1 aromatic rings. The zero-order valence-corrected chi connectivity index (χ0v) is 12.9. The molecule has 0 bridgehead atoms. The summed E-state index contributed by atoms with van der Waals surface area (Å²) in [6.45, 7) is 1.48. The van der Waals surface area contributed by atoms with Crippen molar-refractivity contribution in [3.63, 3.8) is 0 Å². The van der Waals surface area contributed by atoms with E-state index in [2.05, 4.69) is 10.6 Å². The Bertz CT molecular complexity index is 436. The highest BCUT2D eigenvalue weighted by molar-refractivity contribution is 6.31. The van der Waals surface area contributed by atoms with Gasteiger partial charge in [-0.05, 0) is 18.9 Å². The SMILES string of the molecule is Cn1cc(Cl)cc1C(=O)NCCNC1CCCCCC1. The molecule has 0 unspecified atom stereocenters. The van der Waals surface area contributed by atoms with Gasteiger partial charge in [0.2, 0.25) is 0 Å². The lowest BCUT2D eigenvalue weighted by Gasteiger charge is -2.16. The predicted molar refractivity (Wildman–Crippen MR) is 82.2 cm³/mol. The molecule has 5 heteroatoms. The summed E-state index contributed by atoms with van der Waals surface area (Å²) < 4.78 is 1.75. The van der Waals surface area contributed by atoms with Crippen LogP contribution in [0.4, 0.5) is 0 Å². The van der Waals surface area contributed by atoms with Crippen LogP contribution >= 0.6 is 11.6 Å². The number of rotatable bonds is 5. The van der Waals surface area contributed by atoms with E-state index in [-0.39, 0.29) is 5.91 Å². The Balaban J connectivity index is 1.67. The molecule has 2 rings (SSSR count). The van der Waals surface area contributed by atoms with Crippen molar-refractivity contribution in [3.05, 3.63) is 23.0 Å². The molecule has 112 valence electrons. The van der Waals surface area contributed by atoms with Crippen LogP contribution in [-0.4, -0.2) is 29.6 Å². The number of aromatic nitrogens is 1. The average molecular weight is 298 g/mol. The number of hydrogen-bond donors (Lipinski definition) is 2. The minimum Gasteiger partial charge on any atom is -0.349 e. The molecule has 20 heavy (non-hydrogen) atoms. The standard InChI is InChI=1S/C15H24ClN3O/c1-19-11-12(16)10-14(19)15(20)18-9-8-17-13-6-4-2-3-5-7-13/h10-11,13,17H,2-9H2,1H3,(H,18,20). The maximum Gasteiger partial charge on any atom is 0.267 e. The largest absolute Gasteiger partial charge is 0.349 e. The third kappa shape index (κ3) is 4.53. The van der Waals surface area contributed by atoms with Crippen molar-refractivity contribution in [2.24, 2.45) is 7.05 Å². The fraction of sp³-hybridized carbons (Fsp3) is 0.667. The summed E-state index contributed by atoms with van der Waals surface area (Å²) >= 11 is 5.87. The molecule has 1 saturated carbocycles. The van der Waals surface area contributed by atoms with Gasteiger partial charge in [-0.25, -0.2) is 0 Å². The maximum absolute atomic E-state index is 12.0. The van der Waals surface area contributed by atoms with Crippen LogP contribution in [0.1, 0.15) is 49.0 Å². The van der Waals surface area contributed by atoms with Gasteiger partial charge in [0.25, 0.3) is 5.91 Å². The lowest BCUT2D eigenvalue weighted by Crippen LogP contribution is -2.37. The lowest BCUT2D eigenvalue weighted by molar-refractivity contribution is 0.0945. The lowest BCUT2D eigenvalue weighted by atomic mass is 10.1. The molecular formula is C15H24ClN3O. The number of carbonyl (C=O) groups is 1. The van der Waals surface area contributed by atoms with Crippen LogP contribution in [0.15, 0.2) is 12.3 Å². The first-order valence-electron chi connectivity index (χ1n) is 7.50. The smallest absolute Gasteiger partial charge is 0.267 e. The molecule has 1 amide bonds. The Labute approximate surface area is 125 Å². The Morgan fingerprint density at radius 2 is 2.00 bits per heavy atom. The van der Waals surface area contributed by atoms with Crippen LogP contribution in [0.3, 0.4) is 0 Å². The fourth-order valence-electron chi connectivity index (χ4n) is 2.78. The van der Waals surface area contributed by atoms with Gasteiger partial charge in [-0.1, -0.05) is 37.3 Å². The van der Waals surface area contributed by atoms with Crippen molar-refractivity contribution >= 4 is 17.5 Å². The molecule has 0 spiro atoms. The van der Waals surface area contributed by atoms with Gasteiger partial charge in [0.05, 0.1) is 5.02 Å². The molecule has 0 atom stereocenters. The normalized spacial score (nSPS) is 16.9. The molecule has 1 aliphatic carbocycles. The van der Waals surface area contributed by atoms with Crippen LogP contribution in [0, 0.1) is 0 Å². The highest BCUT2D eigenvalue weighted by Crippen LogP contribution is 2.16. The molecule has 2 N–H and O–H groups in total. The second kappa shape index (κ2) is 7.70. The molecule has 1 heterocycles. The summed E-state index contributed by atoms with van der Waals surface area (Å²) in [6.07, 6.45) is 9.65. The van der Waals surface area contributed by atoms with Crippen LogP contribution in [0.5, 0.6) is 0 Å². The number of aryl methyl sites for hydroxylation is 1. The van der Waals surface area contributed by atoms with Crippen LogP contribution in [0.25, 0.3) is 0 Å². The van der Waals surface area contributed by atoms with Gasteiger partial charge in [-0.3, -0.25) is 4.79 Å². The van der Waals surface area contributed by atoms with Crippen molar-refractivity contribution in [3.8, 4) is 0 Å². The summed E-state index contributed by atoms with van der Waals surface area (Å²) in [4.78, 5) is 12.0. The van der Waals surface area contributed by atoms with E-state index in [4.69, 9.17) is 11.6 Å². The van der Waals surface area contributed by atoms with Crippen molar-refractivity contribution in [1.29, 1.82) is 0 Å². The zero-order valence-electron chi connectivity index (χ0n) is 12.1. The molecule has 1 aliphatic rings. The minimum atomic E-state index is -0.0675. The molecule has 0 aliphatic heterocycles. The average Bonchev–Trinajstić information content (AvgIpc) is 2.64. The number of amides is 1. The van der Waals surface area contributed by atoms with E-state index < -0.39 is 0 Å². The van der Waals surface area contributed by atoms with Gasteiger partial charge in [0, 0.05) is 32.4 Å². The fourth-order valence-corrected chi connectivity index (χ4v) is 3.03. The second-order valence-corrected chi connectivity index (χ2v) is 5.99. The van der Waals surface area contributed by atoms with Crippen LogP contribution in [-0.2, 0) is 7.05 Å². The number of carbonyl (C=O) groups excluding carboxylic acids is 1. The highest BCUT2D eigenvalue weighted by atomic mass is 35.5. The molecule has 0 aromatic carbocycles. The number of nitrogens with one attached hydrogen (secondary N) is 2. The topological polar surface area (TPSA) is 46.1 Å². The van der Waals surface area contributed by atoms with Crippen molar-refractivity contribution < 1.29 is 4.79 Å². The van der Waals surface area contributed by atoms with E-state index in [0.717, 1.165) is 6.54 Å². The van der Waals surface area contributed by atoms with Gasteiger partial charge in [0.1, 0.15) is 5.69 Å². The second-order valence-electron chi connectivity index (χ2n) is 5.55. The van der Waals surface area contributed by atoms with E-state index >= 15 is 0 Å². The molecule has 1 aromatic heterocycles. The first-order chi connectivity index (χ1) is 9.66. The van der Waals surface area contributed by atoms with Crippen LogP contribution in [0.2, 0.25) is 5.02 Å². The van der Waals surface area contributed by atoms with Gasteiger partial charge in [-0.15, -0.1) is 0 Å². The first kappa shape index (κ1) is 15.4. The van der Waals surface area contributed by atoms with Gasteiger partial charge >= 0.3 is 0 Å². The van der Waals surface area contributed by atoms with Gasteiger partial charge in [-0.2, -0.15) is 0 Å². The predicted octanol–water partition coefficient (Wildman–Crippen LogP) is 2.72. The molecule has 4 nitrogen and oxygen atoms in total. The summed E-state index contributed by atoms with van der Waals surface area (Å²) in [5.41, 5.74) is 0.601. The van der Waals surface area contributed by atoms with Crippen LogP contribution < -0.4 is 10.6 Å². The van der Waals surface area contributed by atoms with E-state index in [9.17, 15) is 4.79 Å². The third-order valence-electron chi connectivity index (χ3n) is 3.90. The van der Waals surface area contributed by atoms with Gasteiger partial charge in [0.15, 0.2) is 0 Å². The Morgan fingerprint density at radius 3 is 2.60 bits per heavy atom. The molecule has 1 fully saturated rings. The highest BCUT2D eigenvalue weighted by Gasteiger charge is 2.12. The molecular weight excluding hydrogens is 274 g/mol. The summed E-state index contributed by atoms with van der Waals surface area (Å²) in [5, 5.41) is 7.06. The van der Waals surface area contributed by atoms with Gasteiger partial charge < -0.3 is 15.2 Å². The molecule has 0 saturated heterocycles. The van der Waals surface area contributed by atoms with E-state index in [1.54, 1.807) is 16.8 Å². The van der Waals surface area contributed by atoms with E-state index in [1.807, 2.05) is 7.05 Å².